The van der Waals surface area contributed by atoms with Crippen LogP contribution >= 0.6 is 0 Å². The summed E-state index contributed by atoms with van der Waals surface area (Å²) in [5.41, 5.74) is 0.671. The van der Waals surface area contributed by atoms with Gasteiger partial charge in [0.05, 0.1) is 17.5 Å². The van der Waals surface area contributed by atoms with Crippen molar-refractivity contribution in [3.8, 4) is 0 Å². The lowest BCUT2D eigenvalue weighted by Crippen LogP contribution is -2.61. The van der Waals surface area contributed by atoms with Crippen molar-refractivity contribution in [3.63, 3.8) is 0 Å². The summed E-state index contributed by atoms with van der Waals surface area (Å²) in [4.78, 5) is 0.243. The second kappa shape index (κ2) is 4.29. The van der Waals surface area contributed by atoms with Crippen LogP contribution in [0.1, 0.15) is 31.7 Å². The fourth-order valence-electron chi connectivity index (χ4n) is 2.49. The summed E-state index contributed by atoms with van der Waals surface area (Å²) in [6.45, 7) is 7.13. The summed E-state index contributed by atoms with van der Waals surface area (Å²) in [6.07, 6.45) is -0.0128. The summed E-state index contributed by atoms with van der Waals surface area (Å²) in [7, 11) is -1.88. The number of aryl methyl sites for hydroxylation is 2. The van der Waals surface area contributed by atoms with Crippen LogP contribution in [-0.4, -0.2) is 35.5 Å². The van der Waals surface area contributed by atoms with Crippen molar-refractivity contribution in [2.24, 2.45) is 12.5 Å². The van der Waals surface area contributed by atoms with Gasteiger partial charge >= 0.3 is 0 Å². The van der Waals surface area contributed by atoms with Crippen molar-refractivity contribution in [2.75, 3.05) is 0 Å². The SMILES string of the molecule is Cc1nn(C)c(C)c1S(=O)(=O)NC1CC(O)C1(C)C. The smallest absolute Gasteiger partial charge is 0.244 e. The molecule has 0 amide bonds. The lowest BCUT2D eigenvalue weighted by molar-refractivity contribution is -0.0645. The largest absolute Gasteiger partial charge is 0.392 e. The molecular weight excluding hydrogens is 266 g/mol. The predicted octanol–water partition coefficient (Wildman–Crippen LogP) is 0.475. The Bertz CT molecular complexity index is 604. The van der Waals surface area contributed by atoms with Crippen LogP contribution in [0.2, 0.25) is 0 Å². The summed E-state index contributed by atoms with van der Waals surface area (Å²) < 4.78 is 29.1. The van der Waals surface area contributed by atoms with Gasteiger partial charge in [-0.25, -0.2) is 13.1 Å². The van der Waals surface area contributed by atoms with E-state index in [0.29, 0.717) is 17.8 Å². The summed E-state index contributed by atoms with van der Waals surface area (Å²) in [5, 5.41) is 13.8. The second-order valence-electron chi connectivity index (χ2n) is 5.87. The first-order chi connectivity index (χ1) is 8.57. The standard InChI is InChI=1S/C12H21N3O3S/c1-7-11(8(2)15(5)13-7)19(17,18)14-9-6-10(16)12(9,3)4/h9-10,14,16H,6H2,1-5H3. The van der Waals surface area contributed by atoms with Crippen LogP contribution in [0.5, 0.6) is 0 Å². The molecule has 1 aliphatic carbocycles. The number of aromatic nitrogens is 2. The minimum atomic E-state index is -3.60. The third-order valence-electron chi connectivity index (χ3n) is 4.22. The number of sulfonamides is 1. The van der Waals surface area contributed by atoms with E-state index in [2.05, 4.69) is 9.82 Å². The van der Waals surface area contributed by atoms with Crippen molar-refractivity contribution in [2.45, 2.75) is 51.2 Å². The number of nitrogens with zero attached hydrogens (tertiary/aromatic N) is 2. The van der Waals surface area contributed by atoms with Gasteiger partial charge < -0.3 is 5.11 Å². The van der Waals surface area contributed by atoms with E-state index in [9.17, 15) is 13.5 Å². The van der Waals surface area contributed by atoms with Crippen LogP contribution in [0, 0.1) is 19.3 Å². The first kappa shape index (κ1) is 14.5. The monoisotopic (exact) mass is 287 g/mol. The van der Waals surface area contributed by atoms with Gasteiger partial charge in [0, 0.05) is 18.5 Å². The van der Waals surface area contributed by atoms with E-state index >= 15 is 0 Å². The molecule has 0 radical (unpaired) electrons. The molecule has 1 heterocycles. The van der Waals surface area contributed by atoms with Crippen LogP contribution in [0.4, 0.5) is 0 Å². The molecule has 1 aliphatic rings. The van der Waals surface area contributed by atoms with E-state index in [0.717, 1.165) is 0 Å². The molecule has 2 N–H and O–H groups in total. The summed E-state index contributed by atoms with van der Waals surface area (Å²) in [6, 6.07) is -0.244. The third-order valence-corrected chi connectivity index (χ3v) is 5.95. The Morgan fingerprint density at radius 2 is 2.00 bits per heavy atom. The van der Waals surface area contributed by atoms with Gasteiger partial charge in [-0.1, -0.05) is 13.8 Å². The van der Waals surface area contributed by atoms with Crippen molar-refractivity contribution < 1.29 is 13.5 Å². The first-order valence-corrected chi connectivity index (χ1v) is 7.76. The van der Waals surface area contributed by atoms with Crippen molar-refractivity contribution >= 4 is 10.0 Å². The van der Waals surface area contributed by atoms with Gasteiger partial charge in [-0.3, -0.25) is 4.68 Å². The lowest BCUT2D eigenvalue weighted by Gasteiger charge is -2.49. The number of aliphatic hydroxyl groups excluding tert-OH is 1. The molecular formula is C12H21N3O3S. The Labute approximate surface area is 113 Å². The molecule has 108 valence electrons. The van der Waals surface area contributed by atoms with Gasteiger partial charge in [-0.05, 0) is 20.3 Å². The highest BCUT2D eigenvalue weighted by atomic mass is 32.2. The molecule has 0 aromatic carbocycles. The molecule has 1 aromatic heterocycles. The van der Waals surface area contributed by atoms with E-state index in [1.807, 2.05) is 13.8 Å². The Balaban J connectivity index is 2.30. The van der Waals surface area contributed by atoms with Crippen LogP contribution in [-0.2, 0) is 17.1 Å². The highest BCUT2D eigenvalue weighted by Gasteiger charge is 2.49. The molecule has 1 aromatic rings. The van der Waals surface area contributed by atoms with Gasteiger partial charge in [-0.15, -0.1) is 0 Å². The Morgan fingerprint density at radius 3 is 2.37 bits per heavy atom. The van der Waals surface area contributed by atoms with Gasteiger partial charge in [0.2, 0.25) is 10.0 Å². The van der Waals surface area contributed by atoms with E-state index in [-0.39, 0.29) is 10.9 Å². The van der Waals surface area contributed by atoms with Gasteiger partial charge in [0.15, 0.2) is 0 Å². The van der Waals surface area contributed by atoms with E-state index in [4.69, 9.17) is 0 Å². The fraction of sp³-hybridized carbons (Fsp3) is 0.750. The highest BCUT2D eigenvalue weighted by molar-refractivity contribution is 7.89. The molecule has 6 nitrogen and oxygen atoms in total. The van der Waals surface area contributed by atoms with Crippen molar-refractivity contribution in [3.05, 3.63) is 11.4 Å². The molecule has 0 saturated heterocycles. The predicted molar refractivity (Wildman–Crippen MR) is 71.2 cm³/mol. The highest BCUT2D eigenvalue weighted by Crippen LogP contribution is 2.41. The lowest BCUT2D eigenvalue weighted by atomic mass is 9.65. The topological polar surface area (TPSA) is 84.2 Å². The van der Waals surface area contributed by atoms with Crippen LogP contribution in [0.3, 0.4) is 0 Å². The minimum Gasteiger partial charge on any atom is -0.392 e. The van der Waals surface area contributed by atoms with Crippen LogP contribution in [0.15, 0.2) is 4.90 Å². The quantitative estimate of drug-likeness (QED) is 0.846. The van der Waals surface area contributed by atoms with Crippen molar-refractivity contribution in [1.82, 2.24) is 14.5 Å². The Kier molecular flexibility index (Phi) is 3.27. The number of rotatable bonds is 3. The molecule has 2 unspecified atom stereocenters. The van der Waals surface area contributed by atoms with Crippen LogP contribution < -0.4 is 4.72 Å². The molecule has 19 heavy (non-hydrogen) atoms. The first-order valence-electron chi connectivity index (χ1n) is 6.28. The normalized spacial score (nSPS) is 26.2. The number of aliphatic hydroxyl groups is 1. The van der Waals surface area contributed by atoms with Gasteiger partial charge in [0.25, 0.3) is 0 Å². The molecule has 2 rings (SSSR count). The van der Waals surface area contributed by atoms with E-state index in [1.165, 1.54) is 0 Å². The van der Waals surface area contributed by atoms with Gasteiger partial charge in [0.1, 0.15) is 4.90 Å². The maximum atomic E-state index is 12.4. The minimum absolute atomic E-state index is 0.243. The molecule has 1 fully saturated rings. The zero-order valence-electron chi connectivity index (χ0n) is 11.9. The maximum absolute atomic E-state index is 12.4. The Morgan fingerprint density at radius 1 is 1.42 bits per heavy atom. The van der Waals surface area contributed by atoms with Crippen molar-refractivity contribution in [1.29, 1.82) is 0 Å². The molecule has 1 saturated carbocycles. The maximum Gasteiger partial charge on any atom is 0.244 e. The van der Waals surface area contributed by atoms with E-state index < -0.39 is 21.5 Å². The Hall–Kier alpha value is -0.920. The number of hydrogen-bond donors (Lipinski definition) is 2. The zero-order chi connectivity index (χ0) is 14.6. The fourth-order valence-corrected chi connectivity index (χ4v) is 4.33. The number of hydrogen-bond acceptors (Lipinski definition) is 4. The summed E-state index contributed by atoms with van der Waals surface area (Å²) >= 11 is 0. The average molecular weight is 287 g/mol. The second-order valence-corrected chi connectivity index (χ2v) is 7.52. The third kappa shape index (κ3) is 2.19. The number of nitrogens with one attached hydrogen (secondary N) is 1. The van der Waals surface area contributed by atoms with Gasteiger partial charge in [-0.2, -0.15) is 5.10 Å². The summed E-state index contributed by atoms with van der Waals surface area (Å²) in [5.74, 6) is 0. The molecule has 0 spiro atoms. The molecule has 0 aliphatic heterocycles. The van der Waals surface area contributed by atoms with Crippen LogP contribution in [0.25, 0.3) is 0 Å². The molecule has 0 bridgehead atoms. The molecule has 2 atom stereocenters. The zero-order valence-corrected chi connectivity index (χ0v) is 12.7. The van der Waals surface area contributed by atoms with E-state index in [1.54, 1.807) is 25.6 Å². The molecule has 7 heteroatoms. The average Bonchev–Trinajstić information content (AvgIpc) is 2.52.